The van der Waals surface area contributed by atoms with Crippen LogP contribution in [0.5, 0.6) is 0 Å². The van der Waals surface area contributed by atoms with Gasteiger partial charge in [0.25, 0.3) is 0 Å². The number of carboxylic acid groups (broad SMARTS) is 2. The molecule has 0 aliphatic heterocycles. The van der Waals surface area contributed by atoms with Crippen molar-refractivity contribution in [2.75, 3.05) is 7.05 Å². The first-order chi connectivity index (χ1) is 13.5. The molecule has 1 aromatic carbocycles. The second-order valence-electron chi connectivity index (χ2n) is 4.97. The van der Waals surface area contributed by atoms with Gasteiger partial charge in [-0.3, -0.25) is 14.9 Å². The van der Waals surface area contributed by atoms with Gasteiger partial charge in [0.05, 0.1) is 0 Å². The number of nitrogens with one attached hydrogen (secondary N) is 1. The Balaban J connectivity index is -0.000000179. The molecule has 188 valence electrons. The summed E-state index contributed by atoms with van der Waals surface area (Å²) in [6.07, 6.45) is -9.56. The number of hydrogen-bond donors (Lipinski definition) is 4. The topological polar surface area (TPSA) is 170 Å². The number of carbonyl (C=O) groups is 3. The van der Waals surface area contributed by atoms with Gasteiger partial charge in [0.2, 0.25) is 6.04 Å². The van der Waals surface area contributed by atoms with E-state index in [-0.39, 0.29) is 19.5 Å². The van der Waals surface area contributed by atoms with Crippen LogP contribution in [0.15, 0.2) is 30.3 Å². The van der Waals surface area contributed by atoms with Crippen molar-refractivity contribution in [2.24, 2.45) is 5.73 Å². The zero-order valence-electron chi connectivity index (χ0n) is 15.5. The summed E-state index contributed by atoms with van der Waals surface area (Å²) in [6.45, 7) is 0.239. The summed E-state index contributed by atoms with van der Waals surface area (Å²) in [6, 6.07) is 4.13. The van der Waals surface area contributed by atoms with Crippen LogP contribution in [0.25, 0.3) is 0 Å². The summed E-state index contributed by atoms with van der Waals surface area (Å²) in [4.78, 5) is 29.5. The smallest absolute Gasteiger partial charge is 0.414 e. The van der Waals surface area contributed by atoms with Gasteiger partial charge in [0.1, 0.15) is 6.61 Å². The number of hydrogen-bond acceptors (Lipinski definition) is 6. The second-order valence-corrected chi connectivity index (χ2v) is 5.28. The molecule has 0 fully saturated rings. The van der Waals surface area contributed by atoms with Gasteiger partial charge in [-0.1, -0.05) is 37.8 Å². The van der Waals surface area contributed by atoms with E-state index in [1.54, 1.807) is 5.32 Å². The van der Waals surface area contributed by atoms with Crippen molar-refractivity contribution < 1.29 is 61.2 Å². The Morgan fingerprint density at radius 1 is 1.03 bits per heavy atom. The molecule has 1 aromatic rings. The molecule has 0 spiro atoms. The fourth-order valence-electron chi connectivity index (χ4n) is 1.28. The molecule has 0 amide bonds. The summed E-state index contributed by atoms with van der Waals surface area (Å²) in [7, 11) is 0.937. The Labute approximate surface area is 183 Å². The van der Waals surface area contributed by atoms with Crippen molar-refractivity contribution in [1.29, 1.82) is 0 Å². The van der Waals surface area contributed by atoms with Crippen LogP contribution in [0.2, 0.25) is 0 Å². The molecule has 0 aliphatic rings. The van der Waals surface area contributed by atoms with Gasteiger partial charge in [0.15, 0.2) is 6.04 Å². The van der Waals surface area contributed by atoms with Crippen molar-refractivity contribution in [2.45, 2.75) is 38.5 Å². The largest absolute Gasteiger partial charge is 0.480 e. The van der Waals surface area contributed by atoms with Crippen LogP contribution >= 0.6 is 11.6 Å². The van der Waals surface area contributed by atoms with Crippen LogP contribution < -0.4 is 11.1 Å². The molecule has 0 saturated carbocycles. The molecule has 0 aliphatic carbocycles. The maximum absolute atomic E-state index is 11.5. The first kappa shape index (κ1) is 36.7. The van der Waals surface area contributed by atoms with E-state index in [0.717, 1.165) is 12.6 Å². The zero-order chi connectivity index (χ0) is 24.1. The van der Waals surface area contributed by atoms with Crippen LogP contribution in [-0.2, 0) is 20.9 Å². The number of aliphatic carboxylic acids is 2. The number of rotatable bonds is 5. The molecular formula is C16H23ClF6N2O7. The maximum atomic E-state index is 11.5. The number of halogens is 7. The molecule has 32 heavy (non-hydrogen) atoms. The van der Waals surface area contributed by atoms with Crippen molar-refractivity contribution in [3.8, 4) is 0 Å². The van der Waals surface area contributed by atoms with Crippen LogP contribution in [0, 0.1) is 0 Å². The van der Waals surface area contributed by atoms with Gasteiger partial charge in [0, 0.05) is 11.6 Å². The van der Waals surface area contributed by atoms with E-state index in [0.29, 0.717) is 0 Å². The van der Waals surface area contributed by atoms with Crippen molar-refractivity contribution in [3.05, 3.63) is 35.9 Å². The predicted octanol–water partition coefficient (Wildman–Crippen LogP) is 2.56. The molecule has 2 atom stereocenters. The number of carboxylic acids is 2. The minimum Gasteiger partial charge on any atom is -0.480 e. The van der Waals surface area contributed by atoms with Gasteiger partial charge < -0.3 is 26.2 Å². The molecule has 0 bridgehead atoms. The normalized spacial score (nSPS) is 12.0. The first-order valence-electron chi connectivity index (χ1n) is 7.42. The predicted molar refractivity (Wildman–Crippen MR) is 101 cm³/mol. The molecular weight excluding hydrogens is 482 g/mol. The summed E-state index contributed by atoms with van der Waals surface area (Å²) in [5.74, 6) is -3.99. The third-order valence-corrected chi connectivity index (χ3v) is 2.79. The maximum Gasteiger partial charge on any atom is 0.414 e. The molecule has 9 nitrogen and oxygen atoms in total. The highest BCUT2D eigenvalue weighted by Crippen LogP contribution is 2.19. The number of likely N-dealkylation sites (N-methyl/N-ethyl adjacent to an activating group) is 1. The summed E-state index contributed by atoms with van der Waals surface area (Å²) in [5, 5.41) is 17.2. The number of ether oxygens (including phenoxy) is 1. The van der Waals surface area contributed by atoms with Gasteiger partial charge in [-0.2, -0.15) is 26.3 Å². The fourth-order valence-corrected chi connectivity index (χ4v) is 1.34. The Morgan fingerprint density at radius 2 is 1.47 bits per heavy atom. The first-order valence-corrected chi connectivity index (χ1v) is 7.79. The van der Waals surface area contributed by atoms with E-state index in [1.807, 2.05) is 30.3 Å². The van der Waals surface area contributed by atoms with Crippen LogP contribution in [0.3, 0.4) is 0 Å². The molecule has 0 saturated heterocycles. The van der Waals surface area contributed by atoms with E-state index in [4.69, 9.17) is 21.8 Å². The van der Waals surface area contributed by atoms with Crippen LogP contribution in [-0.4, -0.2) is 64.5 Å². The lowest BCUT2D eigenvalue weighted by Gasteiger charge is -2.13. The average molecular weight is 505 g/mol. The number of carbonyl (C=O) groups excluding carboxylic acids is 1. The monoisotopic (exact) mass is 504 g/mol. The molecule has 0 aromatic heterocycles. The highest BCUT2D eigenvalue weighted by Gasteiger charge is 2.44. The quantitative estimate of drug-likeness (QED) is 0.350. The molecule has 0 heterocycles. The highest BCUT2D eigenvalue weighted by molar-refractivity contribution is 6.61. The Hall–Kier alpha value is -2.62. The lowest BCUT2D eigenvalue weighted by molar-refractivity contribution is -0.179. The molecule has 16 heteroatoms. The number of benzene rings is 1. The van der Waals surface area contributed by atoms with E-state index in [2.05, 4.69) is 10.5 Å². The van der Waals surface area contributed by atoms with Crippen LogP contribution in [0.4, 0.5) is 31.1 Å². The van der Waals surface area contributed by atoms with Crippen molar-refractivity contribution >= 4 is 29.0 Å². The lowest BCUT2D eigenvalue weighted by atomic mass is 10.2. The highest BCUT2D eigenvalue weighted by atomic mass is 35.5. The Morgan fingerprint density at radius 3 is 1.66 bits per heavy atom. The Kier molecular flexibility index (Phi) is 19.5. The van der Waals surface area contributed by atoms with E-state index in [1.165, 1.54) is 0 Å². The summed E-state index contributed by atoms with van der Waals surface area (Å²) < 4.78 is 72.7. The molecule has 7 N–H and O–H groups in total. The van der Waals surface area contributed by atoms with E-state index < -0.39 is 41.8 Å². The third kappa shape index (κ3) is 18.2. The van der Waals surface area contributed by atoms with Crippen molar-refractivity contribution in [3.63, 3.8) is 0 Å². The van der Waals surface area contributed by atoms with E-state index in [9.17, 15) is 40.7 Å². The SMILES string of the molecule is C.CNC(C(=O)O)C(F)(F)F.NC(C(=O)O)C(F)(F)F.O.O=C(Cl)OCc1ccccc1. The fraction of sp³-hybridized carbons (Fsp3) is 0.438. The molecule has 0 radical (unpaired) electrons. The Bertz CT molecular complexity index is 675. The van der Waals surface area contributed by atoms with Crippen LogP contribution in [0.1, 0.15) is 13.0 Å². The average Bonchev–Trinajstić information content (AvgIpc) is 2.59. The molecule has 2 unspecified atom stereocenters. The van der Waals surface area contributed by atoms with Gasteiger partial charge >= 0.3 is 29.7 Å². The number of nitrogens with two attached hydrogens (primary N) is 1. The van der Waals surface area contributed by atoms with Crippen molar-refractivity contribution in [1.82, 2.24) is 5.32 Å². The van der Waals surface area contributed by atoms with Gasteiger partial charge in [-0.25, -0.2) is 4.79 Å². The minimum atomic E-state index is -4.84. The second kappa shape index (κ2) is 17.0. The minimum absolute atomic E-state index is 0. The lowest BCUT2D eigenvalue weighted by Crippen LogP contribution is -2.46. The summed E-state index contributed by atoms with van der Waals surface area (Å²) >= 11 is 4.97. The molecule has 1 rings (SSSR count). The van der Waals surface area contributed by atoms with Gasteiger partial charge in [-0.15, -0.1) is 0 Å². The standard InChI is InChI=1S/C8H7ClO2.C4H6F3NO2.C3H4F3NO2.CH4.H2O/c9-8(10)11-6-7-4-2-1-3-5-7;1-8-2(3(9)10)4(5,6)7;4-3(5,6)1(7)2(8)9;;/h1-5H,6H2;2,8H,1H3,(H,9,10);1H,7H2,(H,8,9);1H4;1H2. The van der Waals surface area contributed by atoms with E-state index >= 15 is 0 Å². The summed E-state index contributed by atoms with van der Waals surface area (Å²) in [5.41, 5.74) is 4.33. The third-order valence-electron chi connectivity index (χ3n) is 2.68. The van der Waals surface area contributed by atoms with Gasteiger partial charge in [-0.05, 0) is 12.6 Å². The zero-order valence-corrected chi connectivity index (χ0v) is 16.3. The number of alkyl halides is 6.